The van der Waals surface area contributed by atoms with Crippen molar-refractivity contribution in [2.24, 2.45) is 0 Å². The van der Waals surface area contributed by atoms with Crippen LogP contribution in [0.25, 0.3) is 0 Å². The smallest absolute Gasteiger partial charge is 0.411 e. The first-order chi connectivity index (χ1) is 10.9. The van der Waals surface area contributed by atoms with Crippen LogP contribution in [0.15, 0.2) is 29.2 Å². The van der Waals surface area contributed by atoms with E-state index in [0.29, 0.717) is 18.5 Å². The Kier molecular flexibility index (Phi) is 5.22. The van der Waals surface area contributed by atoms with E-state index >= 15 is 0 Å². The molecule has 1 heterocycles. The van der Waals surface area contributed by atoms with Gasteiger partial charge < -0.3 is 14.6 Å². The largest absolute Gasteiger partial charge is 0.548 e. The number of methoxy groups -OCH3 is 1. The summed E-state index contributed by atoms with van der Waals surface area (Å²) in [5.41, 5.74) is 0.367. The van der Waals surface area contributed by atoms with Crippen LogP contribution in [0.2, 0.25) is 0 Å². The lowest BCUT2D eigenvalue weighted by atomic mass is 10.1. The van der Waals surface area contributed by atoms with Gasteiger partial charge >= 0.3 is 6.09 Å². The molecule has 1 N–H and O–H groups in total. The number of piperidine rings is 1. The molecule has 1 fully saturated rings. The Labute approximate surface area is 134 Å². The number of aliphatic carboxylic acids is 1. The molecule has 1 amide bonds. The number of nitrogens with zero attached hydrogens (tertiary/aromatic N) is 1. The molecule has 1 aliphatic heterocycles. The molecule has 9 heteroatoms. The zero-order valence-electron chi connectivity index (χ0n) is 12.5. The van der Waals surface area contributed by atoms with Gasteiger partial charge in [0.2, 0.25) is 10.0 Å². The predicted octanol–water partition coefficient (Wildman–Crippen LogP) is 0.158. The Balaban J connectivity index is 2.24. The molecule has 0 spiro atoms. The Morgan fingerprint density at radius 2 is 1.91 bits per heavy atom. The summed E-state index contributed by atoms with van der Waals surface area (Å²) in [4.78, 5) is 22.2. The van der Waals surface area contributed by atoms with Gasteiger partial charge in [-0.15, -0.1) is 0 Å². The quantitative estimate of drug-likeness (QED) is 0.834. The summed E-state index contributed by atoms with van der Waals surface area (Å²) >= 11 is 0. The average Bonchev–Trinajstić information content (AvgIpc) is 2.55. The van der Waals surface area contributed by atoms with Gasteiger partial charge in [0.25, 0.3) is 0 Å². The van der Waals surface area contributed by atoms with Gasteiger partial charge in [-0.3, -0.25) is 5.32 Å². The molecule has 0 saturated carbocycles. The van der Waals surface area contributed by atoms with Crippen LogP contribution in [-0.4, -0.2) is 44.5 Å². The fraction of sp³-hybridized carbons (Fsp3) is 0.429. The highest BCUT2D eigenvalue weighted by molar-refractivity contribution is 7.89. The minimum absolute atomic E-state index is 0.0407. The van der Waals surface area contributed by atoms with Gasteiger partial charge in [-0.1, -0.05) is 6.42 Å². The number of carbonyl (C=O) groups excluding carboxylic acids is 2. The maximum absolute atomic E-state index is 12.6. The van der Waals surface area contributed by atoms with E-state index in [1.807, 2.05) is 0 Å². The molecule has 1 saturated heterocycles. The number of benzene rings is 1. The van der Waals surface area contributed by atoms with E-state index in [1.165, 1.54) is 31.4 Å². The van der Waals surface area contributed by atoms with Gasteiger partial charge in [0.1, 0.15) is 0 Å². The second kappa shape index (κ2) is 6.97. The molecule has 8 nitrogen and oxygen atoms in total. The third kappa shape index (κ3) is 3.80. The molecule has 1 aromatic rings. The van der Waals surface area contributed by atoms with Crippen molar-refractivity contribution in [3.8, 4) is 0 Å². The topological polar surface area (TPSA) is 116 Å². The summed E-state index contributed by atoms with van der Waals surface area (Å²) in [5.74, 6) is -1.39. The van der Waals surface area contributed by atoms with Crippen molar-refractivity contribution in [2.75, 3.05) is 19.0 Å². The van der Waals surface area contributed by atoms with E-state index in [-0.39, 0.29) is 17.9 Å². The molecule has 0 aliphatic carbocycles. The predicted molar refractivity (Wildman–Crippen MR) is 79.0 cm³/mol. The molecule has 1 atom stereocenters. The van der Waals surface area contributed by atoms with Gasteiger partial charge in [0, 0.05) is 12.2 Å². The fourth-order valence-electron chi connectivity index (χ4n) is 2.44. The maximum atomic E-state index is 12.6. The van der Waals surface area contributed by atoms with Gasteiger partial charge in [0.15, 0.2) is 0 Å². The summed E-state index contributed by atoms with van der Waals surface area (Å²) in [5, 5.41) is 13.6. The third-order valence-electron chi connectivity index (χ3n) is 3.62. The van der Waals surface area contributed by atoms with Crippen LogP contribution in [0.4, 0.5) is 10.5 Å². The van der Waals surface area contributed by atoms with Crippen molar-refractivity contribution in [3.05, 3.63) is 24.3 Å². The molecule has 0 aromatic heterocycles. The first-order valence-corrected chi connectivity index (χ1v) is 8.48. The van der Waals surface area contributed by atoms with Crippen LogP contribution in [0.3, 0.4) is 0 Å². The van der Waals surface area contributed by atoms with Gasteiger partial charge in [0.05, 0.1) is 24.0 Å². The minimum atomic E-state index is -3.94. The van der Waals surface area contributed by atoms with Crippen LogP contribution in [0.5, 0.6) is 0 Å². The number of sulfonamides is 1. The highest BCUT2D eigenvalue weighted by Gasteiger charge is 2.34. The number of hydrogen-bond acceptors (Lipinski definition) is 6. The highest BCUT2D eigenvalue weighted by atomic mass is 32.2. The number of hydrogen-bond donors (Lipinski definition) is 1. The number of nitrogens with one attached hydrogen (secondary N) is 1. The van der Waals surface area contributed by atoms with Crippen LogP contribution < -0.4 is 10.4 Å². The Morgan fingerprint density at radius 3 is 2.48 bits per heavy atom. The average molecular weight is 341 g/mol. The minimum Gasteiger partial charge on any atom is -0.548 e. The van der Waals surface area contributed by atoms with E-state index in [1.54, 1.807) is 0 Å². The van der Waals surface area contributed by atoms with E-state index in [4.69, 9.17) is 0 Å². The Bertz CT molecular complexity index is 686. The molecule has 23 heavy (non-hydrogen) atoms. The number of carbonyl (C=O) groups is 2. The standard InChI is InChI=1S/C14H18N2O6S/c1-22-14(19)15-10-5-7-11(8-6-10)23(20,21)16-9-3-2-4-12(16)13(17)18/h5-8,12H,2-4,9H2,1H3,(H,15,19)(H,17,18)/p-1/t12-/m1/s1. The molecule has 2 rings (SSSR count). The van der Waals surface area contributed by atoms with Crippen molar-refractivity contribution in [3.63, 3.8) is 0 Å². The Hall–Kier alpha value is -2.13. The van der Waals surface area contributed by atoms with Gasteiger partial charge in [-0.2, -0.15) is 4.31 Å². The second-order valence-electron chi connectivity index (χ2n) is 5.09. The molecular weight excluding hydrogens is 324 g/mol. The van der Waals surface area contributed by atoms with Crippen molar-refractivity contribution >= 4 is 27.8 Å². The number of anilines is 1. The lowest BCUT2D eigenvalue weighted by Gasteiger charge is -2.35. The number of carboxylic acid groups (broad SMARTS) is 1. The van der Waals surface area contributed by atoms with Crippen LogP contribution >= 0.6 is 0 Å². The Morgan fingerprint density at radius 1 is 1.26 bits per heavy atom. The molecule has 0 radical (unpaired) electrons. The maximum Gasteiger partial charge on any atom is 0.411 e. The SMILES string of the molecule is COC(=O)Nc1ccc(S(=O)(=O)N2CCCC[C@@H]2C(=O)[O-])cc1. The molecule has 126 valence electrons. The van der Waals surface area contributed by atoms with Crippen molar-refractivity contribution in [1.82, 2.24) is 4.31 Å². The molecule has 0 unspecified atom stereocenters. The lowest BCUT2D eigenvalue weighted by Crippen LogP contribution is -2.52. The van der Waals surface area contributed by atoms with Crippen LogP contribution in [0, 0.1) is 0 Å². The second-order valence-corrected chi connectivity index (χ2v) is 6.98. The van der Waals surface area contributed by atoms with Crippen LogP contribution in [-0.2, 0) is 19.6 Å². The van der Waals surface area contributed by atoms with Crippen molar-refractivity contribution < 1.29 is 27.9 Å². The van der Waals surface area contributed by atoms with E-state index < -0.39 is 28.1 Å². The fourth-order valence-corrected chi connectivity index (χ4v) is 4.09. The van der Waals surface area contributed by atoms with Crippen molar-refractivity contribution in [1.29, 1.82) is 0 Å². The molecule has 1 aromatic carbocycles. The summed E-state index contributed by atoms with van der Waals surface area (Å²) in [6, 6.07) is 4.27. The lowest BCUT2D eigenvalue weighted by molar-refractivity contribution is -0.311. The monoisotopic (exact) mass is 341 g/mol. The van der Waals surface area contributed by atoms with Crippen LogP contribution in [0.1, 0.15) is 19.3 Å². The number of carboxylic acids is 1. The normalized spacial score (nSPS) is 19.1. The highest BCUT2D eigenvalue weighted by Crippen LogP contribution is 2.26. The molecule has 1 aliphatic rings. The third-order valence-corrected chi connectivity index (χ3v) is 5.54. The molecule has 0 bridgehead atoms. The summed E-state index contributed by atoms with van der Waals surface area (Å²) in [7, 11) is -2.73. The van der Waals surface area contributed by atoms with E-state index in [2.05, 4.69) is 10.1 Å². The number of amides is 1. The van der Waals surface area contributed by atoms with E-state index in [0.717, 1.165) is 4.31 Å². The zero-order valence-corrected chi connectivity index (χ0v) is 13.3. The number of rotatable bonds is 4. The summed E-state index contributed by atoms with van der Waals surface area (Å²) in [6.07, 6.45) is 0.815. The van der Waals surface area contributed by atoms with E-state index in [9.17, 15) is 23.1 Å². The summed E-state index contributed by atoms with van der Waals surface area (Å²) in [6.45, 7) is 0.142. The van der Waals surface area contributed by atoms with Gasteiger partial charge in [-0.25, -0.2) is 13.2 Å². The first-order valence-electron chi connectivity index (χ1n) is 7.04. The number of ether oxygens (including phenoxy) is 1. The van der Waals surface area contributed by atoms with Gasteiger partial charge in [-0.05, 0) is 37.1 Å². The van der Waals surface area contributed by atoms with Crippen molar-refractivity contribution in [2.45, 2.75) is 30.2 Å². The first kappa shape index (κ1) is 17.2. The molecular formula is C14H17N2O6S-. The zero-order chi connectivity index (χ0) is 17.0. The summed E-state index contributed by atoms with van der Waals surface area (Å²) < 4.78 is 30.6.